The zero-order chi connectivity index (χ0) is 54.3. The predicted molar refractivity (Wildman–Crippen MR) is 325 cm³/mol. The van der Waals surface area contributed by atoms with Crippen LogP contribution < -0.4 is 0 Å². The van der Waals surface area contributed by atoms with E-state index in [1.54, 1.807) is 6.08 Å². The highest BCUT2D eigenvalue weighted by atomic mass is 16.6. The van der Waals surface area contributed by atoms with Crippen molar-refractivity contribution >= 4 is 17.9 Å². The lowest BCUT2D eigenvalue weighted by Gasteiger charge is -2.18. The zero-order valence-corrected chi connectivity index (χ0v) is 48.3. The molecule has 1 unspecified atom stereocenters. The first kappa shape index (κ1) is 70.3. The monoisotopic (exact) mass is 1030 g/mol. The number of hydrogen-bond acceptors (Lipinski definition) is 6. The second-order valence-electron chi connectivity index (χ2n) is 19.5. The first-order valence-electron chi connectivity index (χ1n) is 30.3. The van der Waals surface area contributed by atoms with Crippen molar-refractivity contribution in [1.82, 2.24) is 0 Å². The lowest BCUT2D eigenvalue weighted by molar-refractivity contribution is -0.166. The Hall–Kier alpha value is -4.71. The van der Waals surface area contributed by atoms with E-state index in [0.29, 0.717) is 19.3 Å². The molecule has 422 valence electrons. The molecule has 0 aliphatic heterocycles. The fourth-order valence-corrected chi connectivity index (χ4v) is 7.87. The van der Waals surface area contributed by atoms with Crippen LogP contribution in [0.5, 0.6) is 0 Å². The molecule has 6 nitrogen and oxygen atoms in total. The molecule has 0 aliphatic carbocycles. The molecule has 0 saturated carbocycles. The summed E-state index contributed by atoms with van der Waals surface area (Å²) in [4.78, 5) is 38.2. The molecule has 0 heterocycles. The van der Waals surface area contributed by atoms with E-state index in [1.807, 2.05) is 6.08 Å². The molecule has 0 aromatic heterocycles. The molecule has 0 bridgehead atoms. The van der Waals surface area contributed by atoms with Crippen LogP contribution in [0.3, 0.4) is 0 Å². The Balaban J connectivity index is 4.44. The van der Waals surface area contributed by atoms with Crippen LogP contribution in [-0.4, -0.2) is 37.2 Å². The fourth-order valence-electron chi connectivity index (χ4n) is 7.87. The van der Waals surface area contributed by atoms with Gasteiger partial charge in [0.2, 0.25) is 0 Å². The lowest BCUT2D eigenvalue weighted by atomic mass is 10.1. The van der Waals surface area contributed by atoms with Gasteiger partial charge in [0.05, 0.1) is 6.42 Å². The van der Waals surface area contributed by atoms with Gasteiger partial charge in [-0.3, -0.25) is 14.4 Å². The van der Waals surface area contributed by atoms with Crippen LogP contribution in [0.4, 0.5) is 0 Å². The third kappa shape index (κ3) is 60.0. The normalized spacial score (nSPS) is 13.2. The average molecular weight is 1040 g/mol. The van der Waals surface area contributed by atoms with E-state index < -0.39 is 12.1 Å². The number of esters is 3. The molecule has 0 saturated heterocycles. The highest BCUT2D eigenvalue weighted by molar-refractivity contribution is 5.72. The van der Waals surface area contributed by atoms with E-state index in [1.165, 1.54) is 83.5 Å². The Kier molecular flexibility index (Phi) is 58.0. The van der Waals surface area contributed by atoms with E-state index in [2.05, 4.69) is 154 Å². The zero-order valence-electron chi connectivity index (χ0n) is 48.3. The Morgan fingerprint density at radius 3 is 0.893 bits per heavy atom. The van der Waals surface area contributed by atoms with E-state index in [0.717, 1.165) is 122 Å². The lowest BCUT2D eigenvalue weighted by Crippen LogP contribution is -2.30. The average Bonchev–Trinajstić information content (AvgIpc) is 3.41. The quantitative estimate of drug-likeness (QED) is 0.0261. The maximum Gasteiger partial charge on any atom is 0.310 e. The number of allylic oxidation sites excluding steroid dienone is 23. The van der Waals surface area contributed by atoms with Crippen LogP contribution in [0, 0.1) is 0 Å². The van der Waals surface area contributed by atoms with Gasteiger partial charge in [-0.1, -0.05) is 256 Å². The van der Waals surface area contributed by atoms with Crippen molar-refractivity contribution in [2.45, 2.75) is 258 Å². The van der Waals surface area contributed by atoms with Gasteiger partial charge in [0.15, 0.2) is 6.10 Å². The fraction of sp³-hybridized carbons (Fsp3) is 0.609. The summed E-state index contributed by atoms with van der Waals surface area (Å²) in [7, 11) is 0. The SMILES string of the molecule is CC/C=C\C/C=C\C/C=C\C/C=C\C/C=C\C/C=C\CCCCCCCCCCC(=O)OCC(COC(=O)CCCCCCC/C=C\CCCCCCCC)OC(=O)C/C=C\C/C=C\C/C=C\C/C=C\C/C=C\CC. The van der Waals surface area contributed by atoms with Crippen molar-refractivity contribution in [3.8, 4) is 0 Å². The Morgan fingerprint density at radius 1 is 0.293 bits per heavy atom. The Morgan fingerprint density at radius 2 is 0.560 bits per heavy atom. The van der Waals surface area contributed by atoms with Crippen molar-refractivity contribution < 1.29 is 28.6 Å². The van der Waals surface area contributed by atoms with Gasteiger partial charge in [0, 0.05) is 12.8 Å². The predicted octanol–water partition coefficient (Wildman–Crippen LogP) is 20.8. The number of hydrogen-bond donors (Lipinski definition) is 0. The van der Waals surface area contributed by atoms with E-state index in [4.69, 9.17) is 14.2 Å². The first-order chi connectivity index (χ1) is 37.0. The molecule has 0 aromatic rings. The van der Waals surface area contributed by atoms with Crippen LogP contribution in [0.15, 0.2) is 146 Å². The summed E-state index contributed by atoms with van der Waals surface area (Å²) in [6.07, 6.45) is 88.7. The molecular weight excluding hydrogens is 925 g/mol. The third-order valence-electron chi connectivity index (χ3n) is 12.3. The van der Waals surface area contributed by atoms with Gasteiger partial charge in [-0.05, 0) is 122 Å². The van der Waals surface area contributed by atoms with Crippen LogP contribution in [0.2, 0.25) is 0 Å². The van der Waals surface area contributed by atoms with E-state index in [9.17, 15) is 14.4 Å². The number of ether oxygens (including phenoxy) is 3. The minimum Gasteiger partial charge on any atom is -0.462 e. The molecule has 0 aromatic carbocycles. The van der Waals surface area contributed by atoms with E-state index >= 15 is 0 Å². The molecular formula is C69H110O6. The summed E-state index contributed by atoms with van der Waals surface area (Å²) in [6, 6.07) is 0. The number of unbranched alkanes of at least 4 members (excludes halogenated alkanes) is 19. The van der Waals surface area contributed by atoms with Gasteiger partial charge < -0.3 is 14.2 Å². The van der Waals surface area contributed by atoms with Crippen LogP contribution in [-0.2, 0) is 28.6 Å². The Bertz CT molecular complexity index is 1660. The summed E-state index contributed by atoms with van der Waals surface area (Å²) in [6.45, 7) is 6.30. The number of rotatable bonds is 53. The molecule has 6 heteroatoms. The van der Waals surface area contributed by atoms with Gasteiger partial charge in [-0.2, -0.15) is 0 Å². The molecule has 1 atom stereocenters. The van der Waals surface area contributed by atoms with Crippen molar-refractivity contribution in [1.29, 1.82) is 0 Å². The summed E-state index contributed by atoms with van der Waals surface area (Å²) in [5.41, 5.74) is 0. The van der Waals surface area contributed by atoms with E-state index in [-0.39, 0.29) is 31.6 Å². The maximum atomic E-state index is 12.8. The smallest absolute Gasteiger partial charge is 0.310 e. The highest BCUT2D eigenvalue weighted by Crippen LogP contribution is 2.14. The van der Waals surface area contributed by atoms with Gasteiger partial charge in [0.25, 0.3) is 0 Å². The molecule has 0 fully saturated rings. The Labute approximate surface area is 461 Å². The van der Waals surface area contributed by atoms with Crippen molar-refractivity contribution in [3.63, 3.8) is 0 Å². The van der Waals surface area contributed by atoms with Gasteiger partial charge in [0.1, 0.15) is 13.2 Å². The largest absolute Gasteiger partial charge is 0.462 e. The topological polar surface area (TPSA) is 78.9 Å². The number of carbonyl (C=O) groups is 3. The summed E-state index contributed by atoms with van der Waals surface area (Å²) >= 11 is 0. The summed E-state index contributed by atoms with van der Waals surface area (Å²) in [5, 5.41) is 0. The standard InChI is InChI=1S/C69H110O6/c1-4-7-10-13-16-19-22-25-28-29-30-31-32-33-34-35-36-37-38-39-42-44-47-50-53-56-59-62-68(71)74-65-66(75-69(72)63-60-57-54-51-48-45-41-27-24-21-18-15-12-9-6-3)64-73-67(70)61-58-55-52-49-46-43-40-26-23-20-17-14-11-8-5-2/h7,9-10,12,16,18-19,21,25-28,30-31,33-34,36-37,40-41,48,51,57,60,66H,4-6,8,11,13-15,17,20,22-24,29,32,35,38-39,42-47,49-50,52-56,58-59,61-65H2,1-3H3/b10-7-,12-9-,19-16-,21-18-,28-25-,31-30-,34-33-,37-36-,40-26-,41-27-,51-48-,60-57-. The molecule has 75 heavy (non-hydrogen) atoms. The number of carbonyl (C=O) groups excluding carboxylic acids is 3. The van der Waals surface area contributed by atoms with Crippen molar-refractivity contribution in [3.05, 3.63) is 146 Å². The first-order valence-corrected chi connectivity index (χ1v) is 30.3. The molecule has 0 rings (SSSR count). The minimum absolute atomic E-state index is 0.0876. The second kappa shape index (κ2) is 61.8. The van der Waals surface area contributed by atoms with Crippen LogP contribution in [0.1, 0.15) is 252 Å². The van der Waals surface area contributed by atoms with Crippen LogP contribution >= 0.6 is 0 Å². The third-order valence-corrected chi connectivity index (χ3v) is 12.3. The highest BCUT2D eigenvalue weighted by Gasteiger charge is 2.19. The molecule has 0 radical (unpaired) electrons. The van der Waals surface area contributed by atoms with Crippen molar-refractivity contribution in [2.75, 3.05) is 13.2 Å². The van der Waals surface area contributed by atoms with Gasteiger partial charge >= 0.3 is 17.9 Å². The summed E-state index contributed by atoms with van der Waals surface area (Å²) < 4.78 is 16.8. The van der Waals surface area contributed by atoms with Crippen LogP contribution in [0.25, 0.3) is 0 Å². The van der Waals surface area contributed by atoms with Gasteiger partial charge in [-0.15, -0.1) is 0 Å². The second-order valence-corrected chi connectivity index (χ2v) is 19.5. The molecule has 0 spiro atoms. The van der Waals surface area contributed by atoms with Crippen molar-refractivity contribution in [2.24, 2.45) is 0 Å². The molecule has 0 N–H and O–H groups in total. The molecule has 0 amide bonds. The molecule has 0 aliphatic rings. The summed E-state index contributed by atoms with van der Waals surface area (Å²) in [5.74, 6) is -1.08. The van der Waals surface area contributed by atoms with Gasteiger partial charge in [-0.25, -0.2) is 0 Å². The maximum absolute atomic E-state index is 12.8. The minimum atomic E-state index is -0.846.